The van der Waals surface area contributed by atoms with Crippen LogP contribution in [0.15, 0.2) is 109 Å². The molecule has 0 radical (unpaired) electrons. The zero-order chi connectivity index (χ0) is 33.4. The molecule has 0 saturated carbocycles. The van der Waals surface area contributed by atoms with Crippen molar-refractivity contribution in [3.63, 3.8) is 0 Å². The van der Waals surface area contributed by atoms with Gasteiger partial charge in [0.25, 0.3) is 11.8 Å². The number of aliphatic hydroxyl groups is 2. The van der Waals surface area contributed by atoms with E-state index in [-0.39, 0.29) is 37.4 Å². The van der Waals surface area contributed by atoms with Crippen LogP contribution in [0.2, 0.25) is 0 Å². The van der Waals surface area contributed by atoms with Crippen molar-refractivity contribution in [3.05, 3.63) is 126 Å². The molecule has 244 valence electrons. The third-order valence-electron chi connectivity index (χ3n) is 9.64. The zero-order valence-corrected chi connectivity index (χ0v) is 26.7. The Hall–Kier alpha value is -5.25. The third-order valence-corrected chi connectivity index (χ3v) is 9.64. The molecule has 1 fully saturated rings. The highest BCUT2D eigenvalue weighted by Gasteiger charge is 2.52. The van der Waals surface area contributed by atoms with Crippen LogP contribution < -0.4 is 14.5 Å². The van der Waals surface area contributed by atoms with Gasteiger partial charge in [0.2, 0.25) is 5.91 Å². The van der Waals surface area contributed by atoms with E-state index in [9.17, 15) is 24.6 Å². The quantitative estimate of drug-likeness (QED) is 0.226. The molecule has 0 bridgehead atoms. The molecule has 3 heterocycles. The topological polar surface area (TPSA) is 111 Å². The molecular weight excluding hydrogens is 606 g/mol. The van der Waals surface area contributed by atoms with Gasteiger partial charge in [0.15, 0.2) is 11.4 Å². The van der Waals surface area contributed by atoms with Crippen LogP contribution in [0.1, 0.15) is 47.7 Å². The van der Waals surface area contributed by atoms with Crippen molar-refractivity contribution in [2.45, 2.75) is 44.4 Å². The van der Waals surface area contributed by atoms with Crippen molar-refractivity contribution in [2.75, 3.05) is 23.0 Å². The number of benzene rings is 4. The van der Waals surface area contributed by atoms with E-state index >= 15 is 0 Å². The monoisotopic (exact) mass is 643 g/mol. The molecule has 0 aromatic heterocycles. The van der Waals surface area contributed by atoms with Crippen molar-refractivity contribution < 1.29 is 29.3 Å². The van der Waals surface area contributed by atoms with E-state index in [1.165, 1.54) is 0 Å². The molecule has 3 amide bonds. The number of likely N-dealkylation sites (tertiary alicyclic amines) is 1. The van der Waals surface area contributed by atoms with Crippen LogP contribution in [-0.4, -0.2) is 52.0 Å². The molecule has 48 heavy (non-hydrogen) atoms. The van der Waals surface area contributed by atoms with Gasteiger partial charge < -0.3 is 24.7 Å². The molecule has 4 aromatic carbocycles. The Labute approximate surface area is 279 Å². The van der Waals surface area contributed by atoms with E-state index < -0.39 is 17.4 Å². The van der Waals surface area contributed by atoms with Crippen molar-refractivity contribution in [1.82, 2.24) is 4.90 Å². The Kier molecular flexibility index (Phi) is 8.33. The van der Waals surface area contributed by atoms with Crippen LogP contribution in [-0.2, 0) is 21.7 Å². The van der Waals surface area contributed by atoms with E-state index in [1.54, 1.807) is 58.0 Å². The molecule has 4 aromatic rings. The Morgan fingerprint density at radius 3 is 2.40 bits per heavy atom. The van der Waals surface area contributed by atoms with Crippen LogP contribution in [0, 0.1) is 5.92 Å². The molecule has 0 spiro atoms. The van der Waals surface area contributed by atoms with Crippen LogP contribution in [0.4, 0.5) is 17.1 Å². The van der Waals surface area contributed by atoms with Gasteiger partial charge in [-0.2, -0.15) is 0 Å². The van der Waals surface area contributed by atoms with Crippen LogP contribution >= 0.6 is 0 Å². The highest BCUT2D eigenvalue weighted by molar-refractivity contribution is 6.14. The zero-order valence-electron chi connectivity index (χ0n) is 26.7. The van der Waals surface area contributed by atoms with Gasteiger partial charge in [-0.1, -0.05) is 73.7 Å². The summed E-state index contributed by atoms with van der Waals surface area (Å²) in [7, 11) is 0. The number of para-hydroxylation sites is 4. The number of carbonyl (C=O) groups excluding carboxylic acids is 3. The molecule has 7 rings (SSSR count). The van der Waals surface area contributed by atoms with E-state index in [0.717, 1.165) is 18.4 Å². The van der Waals surface area contributed by atoms with E-state index in [2.05, 4.69) is 0 Å². The molecule has 0 aliphatic carbocycles. The highest BCUT2D eigenvalue weighted by Crippen LogP contribution is 2.46. The molecule has 1 saturated heterocycles. The lowest BCUT2D eigenvalue weighted by molar-refractivity contribution is -0.139. The lowest BCUT2D eigenvalue weighted by atomic mass is 9.83. The summed E-state index contributed by atoms with van der Waals surface area (Å²) < 4.78 is 6.13. The largest absolute Gasteiger partial charge is 0.454 e. The first-order chi connectivity index (χ1) is 23.3. The lowest BCUT2D eigenvalue weighted by Crippen LogP contribution is -2.44. The molecule has 9 heteroatoms. The maximum absolute atomic E-state index is 14.0. The minimum atomic E-state index is -1.81. The molecular formula is C39H37N3O6. The van der Waals surface area contributed by atoms with Gasteiger partial charge in [-0.25, -0.2) is 0 Å². The summed E-state index contributed by atoms with van der Waals surface area (Å²) in [4.78, 5) is 45.6. The van der Waals surface area contributed by atoms with Gasteiger partial charge in [0.05, 0.1) is 36.1 Å². The van der Waals surface area contributed by atoms with Gasteiger partial charge in [-0.15, -0.1) is 0 Å². The fourth-order valence-corrected chi connectivity index (χ4v) is 7.04. The molecule has 2 N–H and O–H groups in total. The highest BCUT2D eigenvalue weighted by atomic mass is 16.5. The molecule has 3 atom stereocenters. The number of anilines is 3. The predicted molar refractivity (Wildman–Crippen MR) is 182 cm³/mol. The molecule has 3 aliphatic heterocycles. The first-order valence-electron chi connectivity index (χ1n) is 16.3. The number of aliphatic hydroxyl groups excluding tert-OH is 1. The van der Waals surface area contributed by atoms with Crippen LogP contribution in [0.25, 0.3) is 0 Å². The maximum atomic E-state index is 14.0. The summed E-state index contributed by atoms with van der Waals surface area (Å²) in [5.74, 6) is -0.289. The maximum Gasteiger partial charge on any atom is 0.266 e. The fraction of sp³-hybridized carbons (Fsp3) is 0.256. The minimum absolute atomic E-state index is 0.0523. The summed E-state index contributed by atoms with van der Waals surface area (Å²) in [6.07, 6.45) is 5.23. The lowest BCUT2D eigenvalue weighted by Gasteiger charge is -2.28. The third kappa shape index (κ3) is 5.35. The number of carbonyl (C=O) groups is 3. The number of rotatable bonds is 8. The van der Waals surface area contributed by atoms with Gasteiger partial charge in [-0.05, 0) is 60.9 Å². The number of fused-ring (bicyclic) bond motifs is 3. The van der Waals surface area contributed by atoms with Gasteiger partial charge in [-0.3, -0.25) is 19.3 Å². The van der Waals surface area contributed by atoms with Gasteiger partial charge in [0, 0.05) is 30.1 Å². The van der Waals surface area contributed by atoms with Crippen molar-refractivity contribution in [3.8, 4) is 11.5 Å². The van der Waals surface area contributed by atoms with Gasteiger partial charge >= 0.3 is 0 Å². The normalized spacial score (nSPS) is 20.7. The van der Waals surface area contributed by atoms with Crippen LogP contribution in [0.5, 0.6) is 11.5 Å². The first-order valence-corrected chi connectivity index (χ1v) is 16.3. The average Bonchev–Trinajstić information content (AvgIpc) is 3.64. The number of nitrogens with zero attached hydrogens (tertiary/aromatic N) is 3. The van der Waals surface area contributed by atoms with Crippen molar-refractivity contribution in [2.24, 2.45) is 5.92 Å². The number of amides is 3. The molecule has 3 aliphatic rings. The second kappa shape index (κ2) is 12.7. The standard InChI is InChI=1S/C39H37N3O6/c1-26(10-8-18-36(44)40-23-9-11-29(40)25-43)39(47)31-13-3-4-14-32(31)41(38(39)46)24-27-19-21-28(22-20-27)42-33-15-5-7-17-35(33)48-34-16-6-2-12-30(34)37(42)45/h2-8,10,12-17,19-22,26,29,43,47H,9,11,18,23-25H2,1H3/b10-8+/t26-,29+,39+/m1/s1. The molecule has 0 unspecified atom stereocenters. The Morgan fingerprint density at radius 2 is 1.62 bits per heavy atom. The average molecular weight is 644 g/mol. The summed E-state index contributed by atoms with van der Waals surface area (Å²) in [5.41, 5.74) is 1.86. The van der Waals surface area contributed by atoms with Crippen molar-refractivity contribution in [1.29, 1.82) is 0 Å². The minimum Gasteiger partial charge on any atom is -0.454 e. The summed E-state index contributed by atoms with van der Waals surface area (Å²) in [5, 5.41) is 21.6. The number of hydrogen-bond acceptors (Lipinski definition) is 6. The fourth-order valence-electron chi connectivity index (χ4n) is 7.04. The van der Waals surface area contributed by atoms with E-state index in [0.29, 0.717) is 46.2 Å². The Bertz CT molecular complexity index is 1910. The second-order valence-electron chi connectivity index (χ2n) is 12.5. The van der Waals surface area contributed by atoms with E-state index in [1.807, 2.05) is 72.8 Å². The summed E-state index contributed by atoms with van der Waals surface area (Å²) >= 11 is 0. The second-order valence-corrected chi connectivity index (χ2v) is 12.5. The SMILES string of the molecule is C[C@H](/C=C/CC(=O)N1CCC[C@H]1CO)[C@@]1(O)C(=O)N(Cc2ccc(N3C(=O)c4ccccc4Oc4ccccc43)cc2)c2ccccc21. The number of hydrogen-bond donors (Lipinski definition) is 2. The number of ether oxygens (including phenoxy) is 1. The predicted octanol–water partition coefficient (Wildman–Crippen LogP) is 6.07. The summed E-state index contributed by atoms with van der Waals surface area (Å²) in [6.45, 7) is 2.56. The summed E-state index contributed by atoms with van der Waals surface area (Å²) in [6, 6.07) is 29.1. The molecule has 9 nitrogen and oxygen atoms in total. The van der Waals surface area contributed by atoms with E-state index in [4.69, 9.17) is 4.74 Å². The Morgan fingerprint density at radius 1 is 0.938 bits per heavy atom. The van der Waals surface area contributed by atoms with Crippen LogP contribution in [0.3, 0.4) is 0 Å². The Balaban J connectivity index is 1.11. The first kappa shape index (κ1) is 31.4. The van der Waals surface area contributed by atoms with Gasteiger partial charge in [0.1, 0.15) is 5.75 Å². The van der Waals surface area contributed by atoms with Crippen molar-refractivity contribution >= 4 is 34.8 Å². The smallest absolute Gasteiger partial charge is 0.266 e.